The summed E-state index contributed by atoms with van der Waals surface area (Å²) >= 11 is 0. The minimum absolute atomic E-state index is 0.0110. The number of carboxylic acids is 1. The first-order valence-electron chi connectivity index (χ1n) is 5.79. The van der Waals surface area contributed by atoms with Crippen LogP contribution in [0.4, 0.5) is 5.69 Å². The van der Waals surface area contributed by atoms with Crippen molar-refractivity contribution >= 4 is 11.7 Å². The summed E-state index contributed by atoms with van der Waals surface area (Å²) in [7, 11) is 0. The molecule has 104 valence electrons. The molecule has 1 atom stereocenters. The Labute approximate surface area is 113 Å². The number of hydrogen-bond donors (Lipinski definition) is 2. The second kappa shape index (κ2) is 5.54. The summed E-state index contributed by atoms with van der Waals surface area (Å²) in [6.07, 6.45) is -0.229. The molecule has 0 saturated carbocycles. The number of rotatable bonds is 5. The van der Waals surface area contributed by atoms with Crippen LogP contribution < -0.4 is 5.73 Å². The van der Waals surface area contributed by atoms with E-state index in [9.17, 15) is 14.9 Å². The van der Waals surface area contributed by atoms with Gasteiger partial charge in [-0.25, -0.2) is 0 Å². The summed E-state index contributed by atoms with van der Waals surface area (Å²) in [5, 5.41) is 19.2. The van der Waals surface area contributed by atoms with Crippen LogP contribution in [0.25, 0.3) is 11.3 Å². The van der Waals surface area contributed by atoms with Crippen molar-refractivity contribution in [1.29, 1.82) is 0 Å². The van der Waals surface area contributed by atoms with Gasteiger partial charge < -0.3 is 15.3 Å². The molecule has 7 nitrogen and oxygen atoms in total. The maximum absolute atomic E-state index is 10.6. The molecule has 0 bridgehead atoms. The van der Waals surface area contributed by atoms with Gasteiger partial charge in [0.25, 0.3) is 5.69 Å². The molecule has 1 aromatic heterocycles. The van der Waals surface area contributed by atoms with Crippen molar-refractivity contribution in [2.75, 3.05) is 0 Å². The second-order valence-corrected chi connectivity index (χ2v) is 4.21. The highest BCUT2D eigenvalue weighted by Gasteiger charge is 2.15. The lowest BCUT2D eigenvalue weighted by molar-refractivity contribution is -0.384. The predicted octanol–water partition coefficient (Wildman–Crippen LogP) is 2.33. The van der Waals surface area contributed by atoms with Crippen LogP contribution in [0.3, 0.4) is 0 Å². The van der Waals surface area contributed by atoms with Crippen LogP contribution in [0.1, 0.15) is 18.2 Å². The number of nitro benzene ring substituents is 1. The first kappa shape index (κ1) is 13.8. The van der Waals surface area contributed by atoms with Crippen molar-refractivity contribution in [2.24, 2.45) is 5.73 Å². The molecule has 0 amide bonds. The quantitative estimate of drug-likeness (QED) is 0.638. The molecule has 0 spiro atoms. The predicted molar refractivity (Wildman–Crippen MR) is 70.0 cm³/mol. The third-order valence-corrected chi connectivity index (χ3v) is 2.75. The second-order valence-electron chi connectivity index (χ2n) is 4.21. The van der Waals surface area contributed by atoms with Gasteiger partial charge in [0, 0.05) is 17.7 Å². The fourth-order valence-electron chi connectivity index (χ4n) is 1.74. The van der Waals surface area contributed by atoms with Crippen molar-refractivity contribution in [2.45, 2.75) is 12.5 Å². The minimum atomic E-state index is -1.01. The highest BCUT2D eigenvalue weighted by Crippen LogP contribution is 2.27. The first-order valence-corrected chi connectivity index (χ1v) is 5.79. The van der Waals surface area contributed by atoms with Crippen molar-refractivity contribution < 1.29 is 19.2 Å². The maximum Gasteiger partial charge on any atom is 0.305 e. The van der Waals surface area contributed by atoms with Crippen molar-refractivity contribution in [1.82, 2.24) is 0 Å². The van der Waals surface area contributed by atoms with Gasteiger partial charge in [-0.05, 0) is 24.3 Å². The Kier molecular flexibility index (Phi) is 3.81. The van der Waals surface area contributed by atoms with Crippen LogP contribution >= 0.6 is 0 Å². The van der Waals surface area contributed by atoms with Gasteiger partial charge in [-0.3, -0.25) is 14.9 Å². The Morgan fingerprint density at radius 2 is 1.95 bits per heavy atom. The number of nitro groups is 1. The van der Waals surface area contributed by atoms with E-state index < -0.39 is 16.9 Å². The van der Waals surface area contributed by atoms with E-state index in [4.69, 9.17) is 15.3 Å². The molecule has 7 heteroatoms. The molecule has 0 radical (unpaired) electrons. The summed E-state index contributed by atoms with van der Waals surface area (Å²) in [6, 6.07) is 8.39. The summed E-state index contributed by atoms with van der Waals surface area (Å²) in [5.74, 6) is -0.165. The van der Waals surface area contributed by atoms with Crippen LogP contribution in [-0.4, -0.2) is 16.0 Å². The number of furan rings is 1. The average molecular weight is 276 g/mol. The smallest absolute Gasteiger partial charge is 0.305 e. The van der Waals surface area contributed by atoms with Gasteiger partial charge in [0.1, 0.15) is 11.5 Å². The molecule has 3 N–H and O–H groups in total. The van der Waals surface area contributed by atoms with Crippen LogP contribution in [0, 0.1) is 10.1 Å². The van der Waals surface area contributed by atoms with E-state index in [0.717, 1.165) is 0 Å². The molecule has 20 heavy (non-hydrogen) atoms. The summed E-state index contributed by atoms with van der Waals surface area (Å²) < 4.78 is 5.47. The molecular formula is C13H12N2O5. The molecule has 0 saturated heterocycles. The lowest BCUT2D eigenvalue weighted by Gasteiger charge is -2.04. The Bertz CT molecular complexity index is 632. The number of nitrogens with zero attached hydrogens (tertiary/aromatic N) is 1. The minimum Gasteiger partial charge on any atom is -0.481 e. The Balaban J connectivity index is 2.20. The highest BCUT2D eigenvalue weighted by molar-refractivity contribution is 5.68. The van der Waals surface area contributed by atoms with E-state index in [1.54, 1.807) is 24.3 Å². The third-order valence-electron chi connectivity index (χ3n) is 2.75. The number of aliphatic carboxylic acids is 1. The topological polar surface area (TPSA) is 120 Å². The highest BCUT2D eigenvalue weighted by atomic mass is 16.6. The number of hydrogen-bond acceptors (Lipinski definition) is 5. The van der Waals surface area contributed by atoms with Crippen LogP contribution in [0.2, 0.25) is 0 Å². The largest absolute Gasteiger partial charge is 0.481 e. The zero-order chi connectivity index (χ0) is 14.7. The van der Waals surface area contributed by atoms with Gasteiger partial charge >= 0.3 is 5.97 Å². The van der Waals surface area contributed by atoms with E-state index in [-0.39, 0.29) is 12.1 Å². The van der Waals surface area contributed by atoms with Gasteiger partial charge in [0.2, 0.25) is 0 Å². The lowest BCUT2D eigenvalue weighted by Crippen LogP contribution is -2.14. The summed E-state index contributed by atoms with van der Waals surface area (Å²) in [6.45, 7) is 0. The molecule has 1 heterocycles. The fourth-order valence-corrected chi connectivity index (χ4v) is 1.74. The molecule has 0 fully saturated rings. The van der Waals surface area contributed by atoms with Crippen LogP contribution in [0.5, 0.6) is 0 Å². The number of nitrogens with two attached hydrogens (primary N) is 1. The third kappa shape index (κ3) is 3.01. The van der Waals surface area contributed by atoms with E-state index in [2.05, 4.69) is 0 Å². The van der Waals surface area contributed by atoms with E-state index >= 15 is 0 Å². The summed E-state index contributed by atoms with van der Waals surface area (Å²) in [5.41, 5.74) is 6.33. The molecule has 2 rings (SSSR count). The Hall–Kier alpha value is -2.67. The zero-order valence-electron chi connectivity index (χ0n) is 10.4. The Morgan fingerprint density at radius 3 is 2.50 bits per heavy atom. The van der Waals surface area contributed by atoms with Crippen molar-refractivity contribution in [3.05, 3.63) is 52.3 Å². The maximum atomic E-state index is 10.6. The molecule has 2 aromatic rings. The van der Waals surface area contributed by atoms with Crippen LogP contribution in [0.15, 0.2) is 40.8 Å². The molecular weight excluding hydrogens is 264 g/mol. The van der Waals surface area contributed by atoms with E-state index in [1.165, 1.54) is 12.1 Å². The number of non-ortho nitro benzene ring substituents is 1. The van der Waals surface area contributed by atoms with Crippen molar-refractivity contribution in [3.8, 4) is 11.3 Å². The standard InChI is InChI=1S/C13H12N2O5/c14-10(7-13(16)17)12-6-5-11(20-12)8-1-3-9(4-2-8)15(18)19/h1-6,10H,7,14H2,(H,16,17)/t10-/m0/s1. The molecule has 0 aliphatic rings. The van der Waals surface area contributed by atoms with Crippen molar-refractivity contribution in [3.63, 3.8) is 0 Å². The molecule has 1 aromatic carbocycles. The normalized spacial score (nSPS) is 12.1. The monoisotopic (exact) mass is 276 g/mol. The van der Waals surface area contributed by atoms with E-state index in [1.807, 2.05) is 0 Å². The summed E-state index contributed by atoms with van der Waals surface area (Å²) in [4.78, 5) is 20.6. The van der Waals surface area contributed by atoms with Gasteiger partial charge in [-0.1, -0.05) is 0 Å². The zero-order valence-corrected chi connectivity index (χ0v) is 10.4. The first-order chi connectivity index (χ1) is 9.47. The Morgan fingerprint density at radius 1 is 1.30 bits per heavy atom. The van der Waals surface area contributed by atoms with E-state index in [0.29, 0.717) is 17.1 Å². The van der Waals surface area contributed by atoms with Gasteiger partial charge in [-0.2, -0.15) is 0 Å². The average Bonchev–Trinajstić information content (AvgIpc) is 2.87. The number of carbonyl (C=O) groups is 1. The van der Waals surface area contributed by atoms with Crippen LogP contribution in [-0.2, 0) is 4.79 Å². The number of benzene rings is 1. The van der Waals surface area contributed by atoms with Gasteiger partial charge in [0.15, 0.2) is 0 Å². The van der Waals surface area contributed by atoms with Gasteiger partial charge in [-0.15, -0.1) is 0 Å². The lowest BCUT2D eigenvalue weighted by atomic mass is 10.1. The molecule has 0 unspecified atom stereocenters. The molecule has 0 aliphatic carbocycles. The van der Waals surface area contributed by atoms with Gasteiger partial charge in [0.05, 0.1) is 17.4 Å². The number of carboxylic acid groups (broad SMARTS) is 1. The molecule has 0 aliphatic heterocycles. The fraction of sp³-hybridized carbons (Fsp3) is 0.154. The SMILES string of the molecule is N[C@@H](CC(=O)O)c1ccc(-c2ccc([N+](=O)[O-])cc2)o1.